The van der Waals surface area contributed by atoms with Crippen molar-refractivity contribution in [2.24, 2.45) is 0 Å². The molecule has 2 aromatic rings. The first-order valence-electron chi connectivity index (χ1n) is 12.1. The van der Waals surface area contributed by atoms with Crippen molar-refractivity contribution in [3.05, 3.63) is 59.7 Å². The maximum Gasteiger partial charge on any atom is 0.244 e. The van der Waals surface area contributed by atoms with Crippen LogP contribution < -0.4 is 19.5 Å². The maximum absolute atomic E-state index is 12.2. The van der Waals surface area contributed by atoms with Gasteiger partial charge in [-0.25, -0.2) is 0 Å². The molecule has 0 radical (unpaired) electrons. The molecule has 0 fully saturated rings. The molecular weight excluding hydrogens is 414 g/mol. The van der Waals surface area contributed by atoms with Crippen molar-refractivity contribution < 1.29 is 19.0 Å². The molecule has 0 aliphatic rings. The topological polar surface area (TPSA) is 56.8 Å². The number of hydrogen-bond donors (Lipinski definition) is 1. The lowest BCUT2D eigenvalue weighted by Gasteiger charge is -2.11. The van der Waals surface area contributed by atoms with Gasteiger partial charge in [0.05, 0.1) is 20.3 Å². The highest BCUT2D eigenvalue weighted by molar-refractivity contribution is 5.91. The molecule has 5 nitrogen and oxygen atoms in total. The summed E-state index contributed by atoms with van der Waals surface area (Å²) in [7, 11) is 1.62. The SMILES string of the molecule is CCCCCOc1ccc(CCNC(=O)C=Cc2ccc(OCCCCC)c(OC)c2)cc1. The average molecular weight is 454 g/mol. The van der Waals surface area contributed by atoms with E-state index in [2.05, 4.69) is 31.3 Å². The third-order valence-electron chi connectivity index (χ3n) is 5.27. The number of rotatable bonds is 16. The van der Waals surface area contributed by atoms with Crippen molar-refractivity contribution in [1.29, 1.82) is 0 Å². The molecule has 33 heavy (non-hydrogen) atoms. The Morgan fingerprint density at radius 3 is 2.24 bits per heavy atom. The van der Waals surface area contributed by atoms with Crippen molar-refractivity contribution in [3.8, 4) is 17.2 Å². The number of nitrogens with one attached hydrogen (secondary N) is 1. The van der Waals surface area contributed by atoms with E-state index >= 15 is 0 Å². The van der Waals surface area contributed by atoms with Gasteiger partial charge in [0, 0.05) is 12.6 Å². The molecule has 0 heterocycles. The third-order valence-corrected chi connectivity index (χ3v) is 5.27. The van der Waals surface area contributed by atoms with E-state index in [1.54, 1.807) is 19.3 Å². The van der Waals surface area contributed by atoms with E-state index in [0.717, 1.165) is 55.8 Å². The Labute approximate surface area is 199 Å². The van der Waals surface area contributed by atoms with E-state index in [0.29, 0.717) is 18.9 Å². The molecule has 180 valence electrons. The van der Waals surface area contributed by atoms with Crippen LogP contribution in [0.25, 0.3) is 6.08 Å². The number of benzene rings is 2. The number of methoxy groups -OCH3 is 1. The zero-order chi connectivity index (χ0) is 23.7. The maximum atomic E-state index is 12.2. The molecule has 2 aromatic carbocycles. The summed E-state index contributed by atoms with van der Waals surface area (Å²) in [6.45, 7) is 6.37. The largest absolute Gasteiger partial charge is 0.494 e. The summed E-state index contributed by atoms with van der Waals surface area (Å²) in [4.78, 5) is 12.2. The van der Waals surface area contributed by atoms with Crippen LogP contribution in [-0.2, 0) is 11.2 Å². The lowest BCUT2D eigenvalue weighted by molar-refractivity contribution is -0.116. The van der Waals surface area contributed by atoms with Gasteiger partial charge in [-0.2, -0.15) is 0 Å². The molecule has 0 spiro atoms. The van der Waals surface area contributed by atoms with Gasteiger partial charge >= 0.3 is 0 Å². The van der Waals surface area contributed by atoms with Gasteiger partial charge in [0.15, 0.2) is 11.5 Å². The van der Waals surface area contributed by atoms with Crippen molar-refractivity contribution in [2.45, 2.75) is 58.8 Å². The molecule has 1 N–H and O–H groups in total. The fourth-order valence-corrected chi connectivity index (χ4v) is 3.30. The monoisotopic (exact) mass is 453 g/mol. The average Bonchev–Trinajstić information content (AvgIpc) is 2.84. The van der Waals surface area contributed by atoms with Crippen molar-refractivity contribution in [2.75, 3.05) is 26.9 Å². The molecule has 0 aliphatic heterocycles. The first-order valence-corrected chi connectivity index (χ1v) is 12.1. The van der Waals surface area contributed by atoms with Gasteiger partial charge in [0.2, 0.25) is 5.91 Å². The summed E-state index contributed by atoms with van der Waals surface area (Å²) in [6.07, 6.45) is 10.9. The molecule has 0 bridgehead atoms. The molecule has 5 heteroatoms. The summed E-state index contributed by atoms with van der Waals surface area (Å²) in [5, 5.41) is 2.93. The van der Waals surface area contributed by atoms with Gasteiger partial charge < -0.3 is 19.5 Å². The van der Waals surface area contributed by atoms with E-state index in [1.165, 1.54) is 18.4 Å². The van der Waals surface area contributed by atoms with Crippen LogP contribution in [0, 0.1) is 0 Å². The van der Waals surface area contributed by atoms with Crippen LogP contribution in [0.5, 0.6) is 17.2 Å². The van der Waals surface area contributed by atoms with Crippen molar-refractivity contribution >= 4 is 12.0 Å². The van der Waals surface area contributed by atoms with E-state index in [9.17, 15) is 4.79 Å². The van der Waals surface area contributed by atoms with E-state index in [1.807, 2.05) is 30.3 Å². The Balaban J connectivity index is 1.74. The molecule has 0 aromatic heterocycles. The van der Waals surface area contributed by atoms with Gasteiger partial charge in [-0.15, -0.1) is 0 Å². The van der Waals surface area contributed by atoms with E-state index in [4.69, 9.17) is 14.2 Å². The molecule has 0 aliphatic carbocycles. The smallest absolute Gasteiger partial charge is 0.244 e. The van der Waals surface area contributed by atoms with Crippen molar-refractivity contribution in [1.82, 2.24) is 5.32 Å². The minimum Gasteiger partial charge on any atom is -0.494 e. The summed E-state index contributed by atoms with van der Waals surface area (Å²) in [5.74, 6) is 2.18. The van der Waals surface area contributed by atoms with Crippen LogP contribution in [0.2, 0.25) is 0 Å². The molecule has 2 rings (SSSR count). The van der Waals surface area contributed by atoms with Crippen LogP contribution >= 0.6 is 0 Å². The summed E-state index contributed by atoms with van der Waals surface area (Å²) in [5.41, 5.74) is 2.05. The van der Waals surface area contributed by atoms with Crippen LogP contribution in [0.15, 0.2) is 48.5 Å². The minimum absolute atomic E-state index is 0.121. The quantitative estimate of drug-likeness (QED) is 0.243. The highest BCUT2D eigenvalue weighted by Crippen LogP contribution is 2.28. The zero-order valence-electron chi connectivity index (χ0n) is 20.4. The lowest BCUT2D eigenvalue weighted by Crippen LogP contribution is -2.23. The normalized spacial score (nSPS) is 10.9. The second-order valence-electron chi connectivity index (χ2n) is 8.04. The Bertz CT molecular complexity index is 845. The first-order chi connectivity index (χ1) is 16.2. The number of carbonyl (C=O) groups excluding carboxylic acids is 1. The van der Waals surface area contributed by atoms with Crippen LogP contribution in [0.4, 0.5) is 0 Å². The highest BCUT2D eigenvalue weighted by atomic mass is 16.5. The van der Waals surface area contributed by atoms with Gasteiger partial charge in [0.25, 0.3) is 0 Å². The fourth-order valence-electron chi connectivity index (χ4n) is 3.30. The van der Waals surface area contributed by atoms with Crippen LogP contribution in [0.1, 0.15) is 63.5 Å². The van der Waals surface area contributed by atoms with Crippen molar-refractivity contribution in [3.63, 3.8) is 0 Å². The second kappa shape index (κ2) is 15.8. The molecule has 0 saturated carbocycles. The van der Waals surface area contributed by atoms with E-state index in [-0.39, 0.29) is 5.91 Å². The van der Waals surface area contributed by atoms with E-state index < -0.39 is 0 Å². The molecule has 0 saturated heterocycles. The number of unbranched alkanes of at least 4 members (excludes halogenated alkanes) is 4. The molecule has 0 unspecified atom stereocenters. The molecule has 1 amide bonds. The number of ether oxygens (including phenoxy) is 3. The van der Waals surface area contributed by atoms with Gasteiger partial charge in [-0.1, -0.05) is 57.7 Å². The summed E-state index contributed by atoms with van der Waals surface area (Å²) in [6, 6.07) is 13.8. The standard InChI is InChI=1S/C28H39NO4/c1-4-6-8-20-32-25-14-10-23(11-15-25)18-19-29-28(30)17-13-24-12-16-26(27(22-24)31-3)33-21-9-7-5-2/h10-17,22H,4-9,18-21H2,1-3H3,(H,29,30). The third kappa shape index (κ3) is 10.5. The fraction of sp³-hybridized carbons (Fsp3) is 0.464. The van der Waals surface area contributed by atoms with Gasteiger partial charge in [-0.3, -0.25) is 4.79 Å². The second-order valence-corrected chi connectivity index (χ2v) is 8.04. The zero-order valence-corrected chi connectivity index (χ0v) is 20.4. The Kier molecular flexibility index (Phi) is 12.6. The first kappa shape index (κ1) is 26.3. The number of amides is 1. The Morgan fingerprint density at radius 1 is 0.879 bits per heavy atom. The number of carbonyl (C=O) groups is 1. The highest BCUT2D eigenvalue weighted by Gasteiger charge is 2.05. The Morgan fingerprint density at radius 2 is 1.58 bits per heavy atom. The predicted octanol–water partition coefficient (Wildman–Crippen LogP) is 6.21. The van der Waals surface area contributed by atoms with Gasteiger partial charge in [0.1, 0.15) is 5.75 Å². The Hall–Kier alpha value is -2.95. The lowest BCUT2D eigenvalue weighted by atomic mass is 10.1. The van der Waals surface area contributed by atoms with Crippen LogP contribution in [0.3, 0.4) is 0 Å². The summed E-state index contributed by atoms with van der Waals surface area (Å²) >= 11 is 0. The van der Waals surface area contributed by atoms with Gasteiger partial charge in [-0.05, 0) is 60.7 Å². The number of hydrogen-bond acceptors (Lipinski definition) is 4. The summed E-state index contributed by atoms with van der Waals surface area (Å²) < 4.78 is 17.0. The predicted molar refractivity (Wildman–Crippen MR) is 135 cm³/mol. The minimum atomic E-state index is -0.121. The van der Waals surface area contributed by atoms with Crippen LogP contribution in [-0.4, -0.2) is 32.8 Å². The molecule has 0 atom stereocenters. The molecular formula is C28H39NO4.